The third-order valence-electron chi connectivity index (χ3n) is 4.68. The summed E-state index contributed by atoms with van der Waals surface area (Å²) in [5, 5.41) is 13.7. The number of anilines is 3. The predicted molar refractivity (Wildman–Crippen MR) is 121 cm³/mol. The van der Waals surface area contributed by atoms with Crippen molar-refractivity contribution in [2.24, 2.45) is 0 Å². The summed E-state index contributed by atoms with van der Waals surface area (Å²) in [6.45, 7) is 6.60. The van der Waals surface area contributed by atoms with Crippen molar-refractivity contribution < 1.29 is 9.32 Å². The Morgan fingerprint density at radius 3 is 2.65 bits per heavy atom. The molecule has 8 nitrogen and oxygen atoms in total. The molecule has 0 spiro atoms. The summed E-state index contributed by atoms with van der Waals surface area (Å²) in [5.41, 5.74) is 2.37. The van der Waals surface area contributed by atoms with Crippen molar-refractivity contribution in [3.8, 4) is 0 Å². The van der Waals surface area contributed by atoms with Gasteiger partial charge in [-0.05, 0) is 29.8 Å². The fraction of sp³-hybridized carbons (Fsp3) is 0.217. The van der Waals surface area contributed by atoms with Gasteiger partial charge in [0.1, 0.15) is 17.9 Å². The average molecular weight is 416 g/mol. The molecule has 31 heavy (non-hydrogen) atoms. The van der Waals surface area contributed by atoms with E-state index >= 15 is 0 Å². The molecule has 0 atom stereocenters. The molecule has 0 bridgehead atoms. The largest absolute Gasteiger partial charge is 0.365 e. The lowest BCUT2D eigenvalue weighted by Gasteiger charge is -2.12. The Morgan fingerprint density at radius 1 is 1.00 bits per heavy atom. The molecule has 2 aromatic carbocycles. The maximum atomic E-state index is 12.3. The summed E-state index contributed by atoms with van der Waals surface area (Å²) >= 11 is 0. The van der Waals surface area contributed by atoms with Crippen LogP contribution in [0.3, 0.4) is 0 Å². The number of carbonyl (C=O) groups excluding carboxylic acids is 1. The number of amides is 2. The Labute approximate surface area is 180 Å². The monoisotopic (exact) mass is 416 g/mol. The van der Waals surface area contributed by atoms with E-state index in [4.69, 9.17) is 4.52 Å². The Hall–Kier alpha value is -3.94. The maximum Gasteiger partial charge on any atom is 0.324 e. The van der Waals surface area contributed by atoms with E-state index in [-0.39, 0.29) is 11.4 Å². The molecule has 0 saturated heterocycles. The minimum Gasteiger partial charge on any atom is -0.365 e. The number of rotatable bonds is 5. The van der Waals surface area contributed by atoms with E-state index in [1.54, 1.807) is 12.4 Å². The second kappa shape index (κ2) is 8.43. The quantitative estimate of drug-likeness (QED) is 0.414. The molecule has 2 aromatic heterocycles. The molecule has 0 fully saturated rings. The highest BCUT2D eigenvalue weighted by Crippen LogP contribution is 2.24. The number of hydrogen-bond donors (Lipinski definition) is 3. The first-order chi connectivity index (χ1) is 14.9. The Morgan fingerprint density at radius 2 is 1.84 bits per heavy atom. The van der Waals surface area contributed by atoms with Gasteiger partial charge in [0, 0.05) is 29.1 Å². The van der Waals surface area contributed by atoms with E-state index in [1.807, 2.05) is 69.3 Å². The van der Waals surface area contributed by atoms with Crippen LogP contribution < -0.4 is 16.0 Å². The zero-order valence-electron chi connectivity index (χ0n) is 17.6. The van der Waals surface area contributed by atoms with Crippen LogP contribution in [0.4, 0.5) is 22.1 Å². The Bertz CT molecular complexity index is 1210. The van der Waals surface area contributed by atoms with E-state index in [9.17, 15) is 4.79 Å². The third-order valence-corrected chi connectivity index (χ3v) is 4.68. The summed E-state index contributed by atoms with van der Waals surface area (Å²) in [6, 6.07) is 16.8. The average Bonchev–Trinajstić information content (AvgIpc) is 3.21. The molecule has 158 valence electrons. The molecule has 3 N–H and O–H groups in total. The molecule has 2 amide bonds. The van der Waals surface area contributed by atoms with Gasteiger partial charge in [-0.15, -0.1) is 0 Å². The maximum absolute atomic E-state index is 12.3. The van der Waals surface area contributed by atoms with Crippen LogP contribution in [0.15, 0.2) is 65.4 Å². The zero-order valence-corrected chi connectivity index (χ0v) is 17.6. The number of benzene rings is 2. The summed E-state index contributed by atoms with van der Waals surface area (Å²) in [7, 11) is 0. The molecular weight excluding hydrogens is 392 g/mol. The lowest BCUT2D eigenvalue weighted by Crippen LogP contribution is -2.19. The molecule has 4 aromatic rings. The van der Waals surface area contributed by atoms with E-state index in [2.05, 4.69) is 31.1 Å². The normalized spacial score (nSPS) is 11.3. The molecule has 0 saturated carbocycles. The number of nitrogens with zero attached hydrogens (tertiary/aromatic N) is 3. The Kier molecular flexibility index (Phi) is 5.53. The van der Waals surface area contributed by atoms with Crippen LogP contribution in [-0.2, 0) is 12.0 Å². The summed E-state index contributed by atoms with van der Waals surface area (Å²) in [6.07, 6.45) is 1.54. The van der Waals surface area contributed by atoms with Crippen molar-refractivity contribution in [1.82, 2.24) is 15.1 Å². The summed E-state index contributed by atoms with van der Waals surface area (Å²) in [5.74, 6) is 1.84. The highest BCUT2D eigenvalue weighted by Gasteiger charge is 2.20. The van der Waals surface area contributed by atoms with E-state index in [0.29, 0.717) is 23.8 Å². The van der Waals surface area contributed by atoms with Gasteiger partial charge in [-0.3, -0.25) is 5.32 Å². The zero-order chi connectivity index (χ0) is 21.8. The van der Waals surface area contributed by atoms with Crippen LogP contribution in [0.25, 0.3) is 10.9 Å². The molecule has 0 aliphatic heterocycles. The fourth-order valence-electron chi connectivity index (χ4n) is 3.06. The first kappa shape index (κ1) is 20.3. The van der Waals surface area contributed by atoms with Crippen LogP contribution in [-0.4, -0.2) is 21.2 Å². The SMILES string of the molecule is CC(C)(C)c1cc(NC(=O)Nc2cccc(CNc3ncnc4ccccc34)c2)no1. The van der Waals surface area contributed by atoms with Gasteiger partial charge in [0.25, 0.3) is 0 Å². The molecule has 0 aliphatic rings. The number of aromatic nitrogens is 3. The Balaban J connectivity index is 1.39. The van der Waals surface area contributed by atoms with Gasteiger partial charge in [0.2, 0.25) is 0 Å². The standard InChI is InChI=1S/C23H24N6O2/c1-23(2,3)19-12-20(29-31-19)28-22(30)27-16-8-6-7-15(11-16)13-24-21-17-9-4-5-10-18(17)25-14-26-21/h4-12,14H,13H2,1-3H3,(H,24,25,26)(H2,27,28,29,30). The molecule has 0 unspecified atom stereocenters. The number of nitrogens with one attached hydrogen (secondary N) is 3. The first-order valence-electron chi connectivity index (χ1n) is 9.96. The summed E-state index contributed by atoms with van der Waals surface area (Å²) < 4.78 is 5.29. The topological polar surface area (TPSA) is 105 Å². The van der Waals surface area contributed by atoms with E-state index in [1.165, 1.54) is 0 Å². The minimum absolute atomic E-state index is 0.181. The highest BCUT2D eigenvalue weighted by molar-refractivity contribution is 5.99. The number of urea groups is 1. The molecule has 2 heterocycles. The second-order valence-electron chi connectivity index (χ2n) is 8.20. The number of para-hydroxylation sites is 1. The van der Waals surface area contributed by atoms with Gasteiger partial charge < -0.3 is 15.2 Å². The summed E-state index contributed by atoms with van der Waals surface area (Å²) in [4.78, 5) is 21.0. The smallest absolute Gasteiger partial charge is 0.324 e. The van der Waals surface area contributed by atoms with Gasteiger partial charge in [-0.2, -0.15) is 0 Å². The minimum atomic E-state index is -0.388. The molecular formula is C23H24N6O2. The first-order valence-corrected chi connectivity index (χ1v) is 9.96. The van der Waals surface area contributed by atoms with Gasteiger partial charge in [0.05, 0.1) is 5.52 Å². The van der Waals surface area contributed by atoms with Gasteiger partial charge in [0.15, 0.2) is 5.82 Å². The second-order valence-corrected chi connectivity index (χ2v) is 8.20. The van der Waals surface area contributed by atoms with Gasteiger partial charge in [-0.25, -0.2) is 14.8 Å². The van der Waals surface area contributed by atoms with Crippen molar-refractivity contribution in [3.63, 3.8) is 0 Å². The van der Waals surface area contributed by atoms with Crippen LogP contribution in [0.2, 0.25) is 0 Å². The van der Waals surface area contributed by atoms with Crippen LogP contribution >= 0.6 is 0 Å². The highest BCUT2D eigenvalue weighted by atomic mass is 16.5. The molecule has 4 rings (SSSR count). The third kappa shape index (κ3) is 4.98. The van der Waals surface area contributed by atoms with Crippen molar-refractivity contribution in [1.29, 1.82) is 0 Å². The van der Waals surface area contributed by atoms with Crippen molar-refractivity contribution in [2.45, 2.75) is 32.7 Å². The van der Waals surface area contributed by atoms with Crippen LogP contribution in [0.1, 0.15) is 32.1 Å². The van der Waals surface area contributed by atoms with Gasteiger partial charge in [-0.1, -0.05) is 50.2 Å². The number of hydrogen-bond acceptors (Lipinski definition) is 6. The van der Waals surface area contributed by atoms with Gasteiger partial charge >= 0.3 is 6.03 Å². The molecule has 0 aliphatic carbocycles. The fourth-order valence-corrected chi connectivity index (χ4v) is 3.06. The van der Waals surface area contributed by atoms with E-state index in [0.717, 1.165) is 22.3 Å². The van der Waals surface area contributed by atoms with E-state index < -0.39 is 0 Å². The van der Waals surface area contributed by atoms with Crippen LogP contribution in [0, 0.1) is 0 Å². The number of fused-ring (bicyclic) bond motifs is 1. The molecule has 0 radical (unpaired) electrons. The lowest BCUT2D eigenvalue weighted by molar-refractivity contribution is 0.262. The number of carbonyl (C=O) groups is 1. The molecule has 8 heteroatoms. The van der Waals surface area contributed by atoms with Crippen molar-refractivity contribution in [2.75, 3.05) is 16.0 Å². The van der Waals surface area contributed by atoms with Crippen molar-refractivity contribution >= 4 is 34.3 Å². The van der Waals surface area contributed by atoms with Crippen molar-refractivity contribution in [3.05, 3.63) is 72.2 Å². The predicted octanol–water partition coefficient (Wildman–Crippen LogP) is 5.17. The van der Waals surface area contributed by atoms with Crippen LogP contribution in [0.5, 0.6) is 0 Å². The lowest BCUT2D eigenvalue weighted by atomic mass is 9.93.